The topological polar surface area (TPSA) is 26.3 Å². The standard InChI is InChI=1S/C24H25BrO2Si/c1-24(2,3)28(21-13-6-4-7-14-21,22-15-8-5-9-16-22)27-18-23(26)19-11-10-12-20(25)17-19/h4-17H,18H2,1-3H3. The van der Waals surface area contributed by atoms with Crippen LogP contribution >= 0.6 is 15.9 Å². The highest BCUT2D eigenvalue weighted by atomic mass is 79.9. The highest BCUT2D eigenvalue weighted by Gasteiger charge is 2.50. The van der Waals surface area contributed by atoms with E-state index in [2.05, 4.69) is 61.0 Å². The van der Waals surface area contributed by atoms with E-state index in [1.54, 1.807) is 0 Å². The summed E-state index contributed by atoms with van der Waals surface area (Å²) in [6, 6.07) is 28.2. The van der Waals surface area contributed by atoms with Gasteiger partial charge in [-0.05, 0) is 27.5 Å². The second-order valence-corrected chi connectivity index (χ2v) is 13.1. The summed E-state index contributed by atoms with van der Waals surface area (Å²) in [4.78, 5) is 12.9. The Morgan fingerprint density at radius 1 is 0.857 bits per heavy atom. The molecular formula is C24H25BrO2Si. The van der Waals surface area contributed by atoms with Crippen LogP contribution in [-0.4, -0.2) is 20.7 Å². The maximum atomic E-state index is 12.9. The largest absolute Gasteiger partial charge is 0.400 e. The lowest BCUT2D eigenvalue weighted by atomic mass is 10.1. The van der Waals surface area contributed by atoms with Gasteiger partial charge in [0.05, 0.1) is 6.61 Å². The number of benzene rings is 3. The van der Waals surface area contributed by atoms with Crippen LogP contribution in [-0.2, 0) is 4.43 Å². The van der Waals surface area contributed by atoms with E-state index in [-0.39, 0.29) is 17.4 Å². The molecule has 0 aromatic heterocycles. The van der Waals surface area contributed by atoms with E-state index in [1.165, 1.54) is 10.4 Å². The summed E-state index contributed by atoms with van der Waals surface area (Å²) < 4.78 is 7.59. The molecule has 144 valence electrons. The molecule has 0 atom stereocenters. The zero-order valence-electron chi connectivity index (χ0n) is 16.5. The smallest absolute Gasteiger partial charge is 0.261 e. The van der Waals surface area contributed by atoms with Crippen LogP contribution in [0.4, 0.5) is 0 Å². The molecular weight excluding hydrogens is 428 g/mol. The van der Waals surface area contributed by atoms with Crippen LogP contribution in [0.2, 0.25) is 5.04 Å². The van der Waals surface area contributed by atoms with Crippen LogP contribution in [0.5, 0.6) is 0 Å². The van der Waals surface area contributed by atoms with E-state index in [0.29, 0.717) is 5.56 Å². The molecule has 0 spiro atoms. The molecule has 0 aliphatic heterocycles. The maximum absolute atomic E-state index is 12.9. The van der Waals surface area contributed by atoms with Gasteiger partial charge in [0.2, 0.25) is 0 Å². The lowest BCUT2D eigenvalue weighted by Crippen LogP contribution is -2.67. The number of carbonyl (C=O) groups excluding carboxylic acids is 1. The van der Waals surface area contributed by atoms with Crippen molar-refractivity contribution in [2.45, 2.75) is 25.8 Å². The van der Waals surface area contributed by atoms with Crippen LogP contribution in [0.15, 0.2) is 89.4 Å². The first-order valence-electron chi connectivity index (χ1n) is 9.38. The van der Waals surface area contributed by atoms with Crippen molar-refractivity contribution in [3.8, 4) is 0 Å². The number of halogens is 1. The van der Waals surface area contributed by atoms with Gasteiger partial charge in [-0.25, -0.2) is 0 Å². The number of hydrogen-bond acceptors (Lipinski definition) is 2. The van der Waals surface area contributed by atoms with Crippen LogP contribution in [0.1, 0.15) is 31.1 Å². The second-order valence-electron chi connectivity index (χ2n) is 7.89. The first-order valence-corrected chi connectivity index (χ1v) is 12.1. The third-order valence-corrected chi connectivity index (χ3v) is 10.5. The fourth-order valence-electron chi connectivity index (χ4n) is 3.68. The van der Waals surface area contributed by atoms with Crippen molar-refractivity contribution in [2.75, 3.05) is 6.61 Å². The Kier molecular flexibility index (Phi) is 6.33. The Hall–Kier alpha value is -2.01. The molecule has 0 amide bonds. The normalized spacial score (nSPS) is 12.0. The summed E-state index contributed by atoms with van der Waals surface area (Å²) in [5, 5.41) is 2.21. The van der Waals surface area contributed by atoms with Gasteiger partial charge in [-0.15, -0.1) is 0 Å². The Morgan fingerprint density at radius 3 is 1.86 bits per heavy atom. The van der Waals surface area contributed by atoms with Gasteiger partial charge >= 0.3 is 0 Å². The molecule has 3 aromatic carbocycles. The zero-order valence-corrected chi connectivity index (χ0v) is 19.1. The van der Waals surface area contributed by atoms with Crippen molar-refractivity contribution in [3.63, 3.8) is 0 Å². The van der Waals surface area contributed by atoms with E-state index in [1.807, 2.05) is 60.7 Å². The molecule has 28 heavy (non-hydrogen) atoms. The minimum Gasteiger partial charge on any atom is -0.400 e. The van der Waals surface area contributed by atoms with Gasteiger partial charge in [0, 0.05) is 10.0 Å². The van der Waals surface area contributed by atoms with Crippen molar-refractivity contribution >= 4 is 40.4 Å². The van der Waals surface area contributed by atoms with E-state index in [4.69, 9.17) is 4.43 Å². The maximum Gasteiger partial charge on any atom is 0.261 e. The van der Waals surface area contributed by atoms with E-state index < -0.39 is 8.32 Å². The highest BCUT2D eigenvalue weighted by Crippen LogP contribution is 2.36. The summed E-state index contributed by atoms with van der Waals surface area (Å²) in [5.74, 6) is -0.00529. The predicted molar refractivity (Wildman–Crippen MR) is 122 cm³/mol. The first kappa shape index (κ1) is 20.7. The van der Waals surface area contributed by atoms with Crippen LogP contribution in [0.25, 0.3) is 0 Å². The third kappa shape index (κ3) is 4.19. The fourth-order valence-corrected chi connectivity index (χ4v) is 8.58. The summed E-state index contributed by atoms with van der Waals surface area (Å²) in [7, 11) is -2.69. The van der Waals surface area contributed by atoms with E-state index >= 15 is 0 Å². The van der Waals surface area contributed by atoms with Gasteiger partial charge in [0.1, 0.15) is 0 Å². The minimum atomic E-state index is -2.69. The molecule has 3 rings (SSSR count). The molecule has 0 heterocycles. The first-order chi connectivity index (χ1) is 13.3. The summed E-state index contributed by atoms with van der Waals surface area (Å²) in [6.07, 6.45) is 0. The summed E-state index contributed by atoms with van der Waals surface area (Å²) in [6.45, 7) is 6.69. The molecule has 0 saturated heterocycles. The molecule has 0 unspecified atom stereocenters. The van der Waals surface area contributed by atoms with Crippen molar-refractivity contribution in [3.05, 3.63) is 95.0 Å². The summed E-state index contributed by atoms with van der Waals surface area (Å²) in [5.41, 5.74) is 0.660. The van der Waals surface area contributed by atoms with Gasteiger partial charge in [-0.3, -0.25) is 4.79 Å². The van der Waals surface area contributed by atoms with Crippen LogP contribution in [0.3, 0.4) is 0 Å². The molecule has 0 bridgehead atoms. The SMILES string of the molecule is CC(C)(C)[Si](OCC(=O)c1cccc(Br)c1)(c1ccccc1)c1ccccc1. The molecule has 0 N–H and O–H groups in total. The molecule has 2 nitrogen and oxygen atoms in total. The molecule has 0 radical (unpaired) electrons. The molecule has 3 aromatic rings. The molecule has 4 heteroatoms. The highest BCUT2D eigenvalue weighted by molar-refractivity contribution is 9.10. The van der Waals surface area contributed by atoms with Crippen molar-refractivity contribution in [1.82, 2.24) is 0 Å². The van der Waals surface area contributed by atoms with Gasteiger partial charge < -0.3 is 4.43 Å². The number of rotatable bonds is 6. The number of ketones is 1. The average Bonchev–Trinajstić information content (AvgIpc) is 2.69. The van der Waals surface area contributed by atoms with E-state index in [9.17, 15) is 4.79 Å². The number of carbonyl (C=O) groups is 1. The minimum absolute atomic E-state index is 0.00529. The summed E-state index contributed by atoms with van der Waals surface area (Å²) >= 11 is 3.44. The lowest BCUT2D eigenvalue weighted by Gasteiger charge is -2.42. The van der Waals surface area contributed by atoms with Gasteiger partial charge in [-0.1, -0.05) is 109 Å². The Bertz CT molecular complexity index is 894. The number of Topliss-reactive ketones (excluding diaryl/α,β-unsaturated/α-hetero) is 1. The Morgan fingerprint density at radius 2 is 1.39 bits per heavy atom. The van der Waals surface area contributed by atoms with Crippen molar-refractivity contribution in [2.24, 2.45) is 0 Å². The Balaban J connectivity index is 2.05. The van der Waals surface area contributed by atoms with Crippen molar-refractivity contribution in [1.29, 1.82) is 0 Å². The van der Waals surface area contributed by atoms with Gasteiger partial charge in [0.15, 0.2) is 5.78 Å². The predicted octanol–water partition coefficient (Wildman–Crippen LogP) is 5.21. The monoisotopic (exact) mass is 452 g/mol. The van der Waals surface area contributed by atoms with Crippen molar-refractivity contribution < 1.29 is 9.22 Å². The average molecular weight is 453 g/mol. The zero-order chi connectivity index (χ0) is 20.2. The van der Waals surface area contributed by atoms with Gasteiger partial charge in [-0.2, -0.15) is 0 Å². The van der Waals surface area contributed by atoms with Crippen LogP contribution in [0, 0.1) is 0 Å². The van der Waals surface area contributed by atoms with Gasteiger partial charge in [0.25, 0.3) is 8.32 Å². The molecule has 0 saturated carbocycles. The number of hydrogen-bond donors (Lipinski definition) is 0. The Labute approximate surface area is 176 Å². The van der Waals surface area contributed by atoms with E-state index in [0.717, 1.165) is 4.47 Å². The lowest BCUT2D eigenvalue weighted by molar-refractivity contribution is 0.0914. The molecule has 0 aliphatic carbocycles. The molecule has 0 fully saturated rings. The molecule has 0 aliphatic rings. The second kappa shape index (κ2) is 8.56. The quantitative estimate of drug-likeness (QED) is 0.379. The third-order valence-electron chi connectivity index (χ3n) is 4.98. The fraction of sp³-hybridized carbons (Fsp3) is 0.208. The van der Waals surface area contributed by atoms with Crippen LogP contribution < -0.4 is 10.4 Å².